The fraction of sp³-hybridized carbons (Fsp3) is 0.273. The zero-order valence-electron chi connectivity index (χ0n) is 8.33. The summed E-state index contributed by atoms with van der Waals surface area (Å²) in [7, 11) is 0. The van der Waals surface area contributed by atoms with E-state index in [1.165, 1.54) is 12.5 Å². The molecule has 0 spiro atoms. The van der Waals surface area contributed by atoms with Crippen LogP contribution in [0.4, 0.5) is 0 Å². The van der Waals surface area contributed by atoms with Crippen molar-refractivity contribution < 1.29 is 9.59 Å². The molecule has 0 aliphatic heterocycles. The van der Waals surface area contributed by atoms with E-state index in [4.69, 9.17) is 0 Å². The Kier molecular flexibility index (Phi) is 3.40. The summed E-state index contributed by atoms with van der Waals surface area (Å²) in [5.74, 6) is -0.685. The molecule has 0 aliphatic rings. The molecule has 0 radical (unpaired) electrons. The van der Waals surface area contributed by atoms with E-state index >= 15 is 0 Å². The molecule has 0 bridgehead atoms. The number of rotatable bonds is 2. The molecule has 1 aromatic rings. The lowest BCUT2D eigenvalue weighted by Gasteiger charge is -2.01. The van der Waals surface area contributed by atoms with Crippen molar-refractivity contribution in [3.63, 3.8) is 0 Å². The standard InChI is InChI=1S/C11H13NO2/c1-3-9-4-6-10(7-5-9)11(14)12-8(2)13/h4-7H,3H2,1-2H3,(H,12,13,14). The van der Waals surface area contributed by atoms with Crippen molar-refractivity contribution in [3.8, 4) is 0 Å². The number of nitrogens with one attached hydrogen (secondary N) is 1. The van der Waals surface area contributed by atoms with E-state index in [-0.39, 0.29) is 11.8 Å². The van der Waals surface area contributed by atoms with Gasteiger partial charge < -0.3 is 0 Å². The first-order valence-electron chi connectivity index (χ1n) is 4.54. The van der Waals surface area contributed by atoms with Crippen LogP contribution in [0.25, 0.3) is 0 Å². The fourth-order valence-electron chi connectivity index (χ4n) is 1.12. The van der Waals surface area contributed by atoms with Crippen LogP contribution in [-0.4, -0.2) is 11.8 Å². The number of benzene rings is 1. The highest BCUT2D eigenvalue weighted by Crippen LogP contribution is 2.04. The lowest BCUT2D eigenvalue weighted by Crippen LogP contribution is -2.27. The normalized spacial score (nSPS) is 9.57. The average molecular weight is 191 g/mol. The number of carbonyl (C=O) groups is 2. The number of carbonyl (C=O) groups excluding carboxylic acids is 2. The molecule has 0 heterocycles. The van der Waals surface area contributed by atoms with Crippen LogP contribution in [0.15, 0.2) is 24.3 Å². The third-order valence-electron chi connectivity index (χ3n) is 1.91. The Balaban J connectivity index is 2.76. The molecule has 1 aromatic carbocycles. The molecule has 0 aliphatic carbocycles. The maximum absolute atomic E-state index is 11.3. The third-order valence-corrected chi connectivity index (χ3v) is 1.91. The Labute approximate surface area is 83.1 Å². The Morgan fingerprint density at radius 1 is 1.21 bits per heavy atom. The molecule has 1 N–H and O–H groups in total. The maximum atomic E-state index is 11.3. The summed E-state index contributed by atoms with van der Waals surface area (Å²) in [6, 6.07) is 7.21. The molecule has 3 heteroatoms. The van der Waals surface area contributed by atoms with Crippen LogP contribution in [-0.2, 0) is 11.2 Å². The molecule has 3 nitrogen and oxygen atoms in total. The monoisotopic (exact) mass is 191 g/mol. The first-order valence-corrected chi connectivity index (χ1v) is 4.54. The summed E-state index contributed by atoms with van der Waals surface area (Å²) in [5.41, 5.74) is 1.68. The van der Waals surface area contributed by atoms with Crippen LogP contribution in [0.2, 0.25) is 0 Å². The summed E-state index contributed by atoms with van der Waals surface area (Å²) in [6.07, 6.45) is 0.939. The smallest absolute Gasteiger partial charge is 0.257 e. The summed E-state index contributed by atoms with van der Waals surface area (Å²) < 4.78 is 0. The van der Waals surface area contributed by atoms with Gasteiger partial charge in [0, 0.05) is 12.5 Å². The SMILES string of the molecule is CCc1ccc(C(=O)NC(C)=O)cc1. The van der Waals surface area contributed by atoms with E-state index in [2.05, 4.69) is 5.32 Å². The maximum Gasteiger partial charge on any atom is 0.257 e. The molecule has 1 rings (SSSR count). The van der Waals surface area contributed by atoms with Crippen LogP contribution >= 0.6 is 0 Å². The van der Waals surface area contributed by atoms with Crippen molar-refractivity contribution >= 4 is 11.8 Å². The van der Waals surface area contributed by atoms with Gasteiger partial charge in [-0.25, -0.2) is 0 Å². The zero-order valence-corrected chi connectivity index (χ0v) is 8.33. The molecular weight excluding hydrogens is 178 g/mol. The number of imide groups is 1. The quantitative estimate of drug-likeness (QED) is 0.770. The molecule has 2 amide bonds. The predicted molar refractivity (Wildman–Crippen MR) is 54.0 cm³/mol. The number of hydrogen-bond acceptors (Lipinski definition) is 2. The van der Waals surface area contributed by atoms with Gasteiger partial charge in [-0.2, -0.15) is 0 Å². The number of hydrogen-bond donors (Lipinski definition) is 1. The number of aryl methyl sites for hydroxylation is 1. The van der Waals surface area contributed by atoms with Gasteiger partial charge in [-0.15, -0.1) is 0 Å². The van der Waals surface area contributed by atoms with E-state index in [0.29, 0.717) is 5.56 Å². The van der Waals surface area contributed by atoms with Gasteiger partial charge in [0.25, 0.3) is 5.91 Å². The van der Waals surface area contributed by atoms with Gasteiger partial charge in [0.15, 0.2) is 0 Å². The Morgan fingerprint density at radius 3 is 2.21 bits per heavy atom. The van der Waals surface area contributed by atoms with Gasteiger partial charge in [-0.3, -0.25) is 14.9 Å². The van der Waals surface area contributed by atoms with Crippen molar-refractivity contribution in [1.29, 1.82) is 0 Å². The summed E-state index contributed by atoms with van der Waals surface area (Å²) in [4.78, 5) is 21.9. The summed E-state index contributed by atoms with van der Waals surface area (Å²) in [5, 5.41) is 2.22. The molecule has 0 aromatic heterocycles. The first kappa shape index (κ1) is 10.4. The predicted octanol–water partition coefficient (Wildman–Crippen LogP) is 1.53. The second-order valence-corrected chi connectivity index (χ2v) is 3.06. The molecule has 0 unspecified atom stereocenters. The Morgan fingerprint density at radius 2 is 1.79 bits per heavy atom. The second kappa shape index (κ2) is 4.56. The van der Waals surface area contributed by atoms with Gasteiger partial charge in [0.2, 0.25) is 5.91 Å². The van der Waals surface area contributed by atoms with Gasteiger partial charge in [0.1, 0.15) is 0 Å². The second-order valence-electron chi connectivity index (χ2n) is 3.06. The zero-order chi connectivity index (χ0) is 10.6. The summed E-state index contributed by atoms with van der Waals surface area (Å²) >= 11 is 0. The highest BCUT2D eigenvalue weighted by molar-refractivity contribution is 6.03. The van der Waals surface area contributed by atoms with Crippen LogP contribution in [0, 0.1) is 0 Å². The molecule has 14 heavy (non-hydrogen) atoms. The third kappa shape index (κ3) is 2.69. The van der Waals surface area contributed by atoms with Crippen LogP contribution < -0.4 is 5.32 Å². The molecule has 0 saturated heterocycles. The van der Waals surface area contributed by atoms with Gasteiger partial charge in [-0.1, -0.05) is 19.1 Å². The lowest BCUT2D eigenvalue weighted by molar-refractivity contribution is -0.118. The molecule has 74 valence electrons. The van der Waals surface area contributed by atoms with Gasteiger partial charge in [0.05, 0.1) is 0 Å². The van der Waals surface area contributed by atoms with Crippen LogP contribution in [0.5, 0.6) is 0 Å². The largest absolute Gasteiger partial charge is 0.293 e. The molecular formula is C11H13NO2. The Bertz CT molecular complexity index is 341. The van der Waals surface area contributed by atoms with Crippen molar-refractivity contribution in [2.45, 2.75) is 20.3 Å². The minimum atomic E-state index is -0.347. The van der Waals surface area contributed by atoms with Gasteiger partial charge in [-0.05, 0) is 24.1 Å². The van der Waals surface area contributed by atoms with E-state index in [9.17, 15) is 9.59 Å². The van der Waals surface area contributed by atoms with Crippen molar-refractivity contribution in [1.82, 2.24) is 5.32 Å². The van der Waals surface area contributed by atoms with Gasteiger partial charge >= 0.3 is 0 Å². The van der Waals surface area contributed by atoms with E-state index in [0.717, 1.165) is 6.42 Å². The van der Waals surface area contributed by atoms with E-state index < -0.39 is 0 Å². The fourth-order valence-corrected chi connectivity index (χ4v) is 1.12. The number of amides is 2. The van der Waals surface area contributed by atoms with Crippen molar-refractivity contribution in [2.75, 3.05) is 0 Å². The highest BCUT2D eigenvalue weighted by Gasteiger charge is 2.05. The first-order chi connectivity index (χ1) is 6.63. The van der Waals surface area contributed by atoms with Crippen LogP contribution in [0.3, 0.4) is 0 Å². The van der Waals surface area contributed by atoms with E-state index in [1.54, 1.807) is 12.1 Å². The van der Waals surface area contributed by atoms with E-state index in [1.807, 2.05) is 19.1 Å². The highest BCUT2D eigenvalue weighted by atomic mass is 16.2. The minimum absolute atomic E-state index is 0.338. The minimum Gasteiger partial charge on any atom is -0.293 e. The lowest BCUT2D eigenvalue weighted by atomic mass is 10.1. The van der Waals surface area contributed by atoms with Crippen molar-refractivity contribution in [3.05, 3.63) is 35.4 Å². The summed E-state index contributed by atoms with van der Waals surface area (Å²) in [6.45, 7) is 3.36. The molecule has 0 atom stereocenters. The Hall–Kier alpha value is -1.64. The topological polar surface area (TPSA) is 46.2 Å². The molecule has 0 saturated carbocycles. The van der Waals surface area contributed by atoms with Crippen molar-refractivity contribution in [2.24, 2.45) is 0 Å². The molecule has 0 fully saturated rings. The van der Waals surface area contributed by atoms with Crippen LogP contribution in [0.1, 0.15) is 29.8 Å². The average Bonchev–Trinajstić information content (AvgIpc) is 2.17.